The second kappa shape index (κ2) is 10.3. The van der Waals surface area contributed by atoms with E-state index in [1.807, 2.05) is 24.3 Å². The summed E-state index contributed by atoms with van der Waals surface area (Å²) >= 11 is 0. The fraction of sp³-hybridized carbons (Fsp3) is 0.500. The van der Waals surface area contributed by atoms with E-state index >= 15 is 0 Å². The summed E-state index contributed by atoms with van der Waals surface area (Å²) in [5.41, 5.74) is 7.74. The summed E-state index contributed by atoms with van der Waals surface area (Å²) < 4.78 is 18.5. The highest BCUT2D eigenvalue weighted by atomic mass is 16.5. The molecule has 2 heterocycles. The third-order valence-electron chi connectivity index (χ3n) is 5.20. The van der Waals surface area contributed by atoms with Crippen LogP contribution < -0.4 is 20.8 Å². The number of nitrogens with two attached hydrogens (primary N) is 1. The third kappa shape index (κ3) is 5.31. The molecule has 2 aromatic rings. The van der Waals surface area contributed by atoms with Crippen molar-refractivity contribution in [2.45, 2.75) is 26.3 Å². The first kappa shape index (κ1) is 21.2. The van der Waals surface area contributed by atoms with Crippen molar-refractivity contribution < 1.29 is 14.2 Å². The second-order valence-electron chi connectivity index (χ2n) is 7.16. The summed E-state index contributed by atoms with van der Waals surface area (Å²) in [5.74, 6) is 1.38. The zero-order valence-electron chi connectivity index (χ0n) is 17.4. The molecule has 1 aromatic carbocycles. The highest BCUT2D eigenvalue weighted by molar-refractivity contribution is 5.80. The maximum absolute atomic E-state index is 12.7. The van der Waals surface area contributed by atoms with E-state index in [9.17, 15) is 4.79 Å². The van der Waals surface area contributed by atoms with Crippen LogP contribution >= 0.6 is 0 Å². The van der Waals surface area contributed by atoms with Gasteiger partial charge in [-0.05, 0) is 30.7 Å². The normalized spacial score (nSPS) is 14.7. The molecule has 0 amide bonds. The van der Waals surface area contributed by atoms with Crippen LogP contribution in [0.25, 0.3) is 11.1 Å². The Morgan fingerprint density at radius 3 is 2.66 bits per heavy atom. The Balaban J connectivity index is 1.83. The first-order chi connectivity index (χ1) is 14.1. The number of ether oxygens (including phenoxy) is 3. The minimum absolute atomic E-state index is 0.168. The number of methoxy groups -OCH3 is 1. The number of anilines is 1. The van der Waals surface area contributed by atoms with Gasteiger partial charge in [0.2, 0.25) is 0 Å². The molecular formula is C22H31N3O4. The minimum Gasteiger partial charge on any atom is -0.497 e. The molecule has 7 nitrogen and oxygen atoms in total. The van der Waals surface area contributed by atoms with Crippen LogP contribution in [0.4, 0.5) is 5.69 Å². The quantitative estimate of drug-likeness (QED) is 0.696. The Hall–Kier alpha value is -2.51. The molecule has 0 unspecified atom stereocenters. The molecule has 0 radical (unpaired) electrons. The number of morpholine rings is 1. The predicted molar refractivity (Wildman–Crippen MR) is 115 cm³/mol. The predicted octanol–water partition coefficient (Wildman–Crippen LogP) is 2.62. The number of pyridine rings is 1. The lowest BCUT2D eigenvalue weighted by Gasteiger charge is -2.26. The molecule has 2 N–H and O–H groups in total. The van der Waals surface area contributed by atoms with E-state index in [0.29, 0.717) is 30.2 Å². The smallest absolute Gasteiger partial charge is 0.274 e. The number of aromatic nitrogens is 1. The number of hydrogen-bond donors (Lipinski definition) is 1. The summed E-state index contributed by atoms with van der Waals surface area (Å²) in [4.78, 5) is 15.0. The van der Waals surface area contributed by atoms with Crippen molar-refractivity contribution in [2.24, 2.45) is 0 Å². The van der Waals surface area contributed by atoms with Crippen LogP contribution in [0.5, 0.6) is 11.5 Å². The van der Waals surface area contributed by atoms with Gasteiger partial charge < -0.3 is 24.5 Å². The monoisotopic (exact) mass is 401 g/mol. The van der Waals surface area contributed by atoms with Gasteiger partial charge in [0.15, 0.2) is 0 Å². The zero-order valence-corrected chi connectivity index (χ0v) is 17.4. The van der Waals surface area contributed by atoms with E-state index in [-0.39, 0.29) is 11.2 Å². The Morgan fingerprint density at radius 1 is 1.14 bits per heavy atom. The lowest BCUT2D eigenvalue weighted by atomic mass is 10.0. The largest absolute Gasteiger partial charge is 0.497 e. The van der Waals surface area contributed by atoms with Crippen molar-refractivity contribution in [3.63, 3.8) is 0 Å². The number of unbranched alkanes of at least 4 members (excludes halogenated alkanes) is 1. The van der Waals surface area contributed by atoms with E-state index < -0.39 is 0 Å². The topological polar surface area (TPSA) is 78.9 Å². The molecule has 0 saturated carbocycles. The van der Waals surface area contributed by atoms with Gasteiger partial charge in [0.05, 0.1) is 20.3 Å². The van der Waals surface area contributed by atoms with Crippen molar-refractivity contribution in [1.82, 2.24) is 9.47 Å². The van der Waals surface area contributed by atoms with Crippen LogP contribution in [0.15, 0.2) is 35.3 Å². The average molecular weight is 402 g/mol. The van der Waals surface area contributed by atoms with Gasteiger partial charge in [-0.3, -0.25) is 9.69 Å². The van der Waals surface area contributed by atoms with Gasteiger partial charge in [0.1, 0.15) is 23.8 Å². The molecule has 0 aliphatic carbocycles. The van der Waals surface area contributed by atoms with Crippen molar-refractivity contribution >= 4 is 5.69 Å². The Labute approximate surface area is 172 Å². The maximum atomic E-state index is 12.7. The molecule has 1 aliphatic rings. The molecule has 0 spiro atoms. The van der Waals surface area contributed by atoms with Gasteiger partial charge in [-0.2, -0.15) is 0 Å². The molecule has 7 heteroatoms. The molecule has 1 aromatic heterocycles. The number of rotatable bonds is 9. The SMILES string of the molecule is CCCCn1ccc(-c2cc(OC)ccc2OCCN2CCOCC2)c(N)c1=O. The second-order valence-corrected chi connectivity index (χ2v) is 7.16. The van der Waals surface area contributed by atoms with Crippen LogP contribution in [0.3, 0.4) is 0 Å². The highest BCUT2D eigenvalue weighted by Gasteiger charge is 2.16. The standard InChI is InChI=1S/C22H31N3O4/c1-3-4-8-25-9-7-18(21(23)22(25)26)19-16-17(27-2)5-6-20(19)29-15-12-24-10-13-28-14-11-24/h5-7,9,16H,3-4,8,10-15,23H2,1-2H3. The average Bonchev–Trinajstić information content (AvgIpc) is 2.76. The number of hydrogen-bond acceptors (Lipinski definition) is 6. The molecule has 0 bridgehead atoms. The fourth-order valence-electron chi connectivity index (χ4n) is 3.41. The van der Waals surface area contributed by atoms with Gasteiger partial charge in [-0.25, -0.2) is 0 Å². The van der Waals surface area contributed by atoms with Crippen LogP contribution in [0.2, 0.25) is 0 Å². The number of aryl methyl sites for hydroxylation is 1. The van der Waals surface area contributed by atoms with Crippen molar-refractivity contribution in [1.29, 1.82) is 0 Å². The molecule has 0 atom stereocenters. The van der Waals surface area contributed by atoms with E-state index in [2.05, 4.69) is 11.8 Å². The van der Waals surface area contributed by atoms with Crippen LogP contribution in [-0.4, -0.2) is 56.0 Å². The molecular weight excluding hydrogens is 370 g/mol. The summed E-state index contributed by atoms with van der Waals surface area (Å²) in [7, 11) is 1.62. The van der Waals surface area contributed by atoms with Gasteiger partial charge >= 0.3 is 0 Å². The maximum Gasteiger partial charge on any atom is 0.274 e. The Morgan fingerprint density at radius 2 is 1.93 bits per heavy atom. The zero-order chi connectivity index (χ0) is 20.6. The van der Waals surface area contributed by atoms with E-state index in [1.54, 1.807) is 17.9 Å². The Kier molecular flexibility index (Phi) is 7.55. The van der Waals surface area contributed by atoms with E-state index in [4.69, 9.17) is 19.9 Å². The van der Waals surface area contributed by atoms with Crippen molar-refractivity contribution in [2.75, 3.05) is 52.3 Å². The van der Waals surface area contributed by atoms with Gasteiger partial charge in [0.25, 0.3) is 5.56 Å². The van der Waals surface area contributed by atoms with Gasteiger partial charge in [-0.15, -0.1) is 0 Å². The molecule has 158 valence electrons. The first-order valence-electron chi connectivity index (χ1n) is 10.2. The van der Waals surface area contributed by atoms with Crippen LogP contribution in [0, 0.1) is 0 Å². The molecule has 3 rings (SSSR count). The van der Waals surface area contributed by atoms with Gasteiger partial charge in [0, 0.05) is 43.5 Å². The summed E-state index contributed by atoms with van der Waals surface area (Å²) in [6.07, 6.45) is 3.76. The summed E-state index contributed by atoms with van der Waals surface area (Å²) in [6.45, 7) is 7.50. The highest BCUT2D eigenvalue weighted by Crippen LogP contribution is 2.35. The van der Waals surface area contributed by atoms with Crippen molar-refractivity contribution in [3.05, 3.63) is 40.8 Å². The van der Waals surface area contributed by atoms with E-state index in [0.717, 1.165) is 51.3 Å². The Bertz CT molecular complexity index is 860. The third-order valence-corrected chi connectivity index (χ3v) is 5.20. The fourth-order valence-corrected chi connectivity index (χ4v) is 3.41. The molecule has 1 fully saturated rings. The minimum atomic E-state index is -0.168. The summed E-state index contributed by atoms with van der Waals surface area (Å²) in [6, 6.07) is 7.48. The number of benzene rings is 1. The molecule has 29 heavy (non-hydrogen) atoms. The molecule has 1 aliphatic heterocycles. The lowest BCUT2D eigenvalue weighted by molar-refractivity contribution is 0.0323. The molecule has 1 saturated heterocycles. The lowest BCUT2D eigenvalue weighted by Crippen LogP contribution is -2.38. The van der Waals surface area contributed by atoms with Crippen LogP contribution in [0.1, 0.15) is 19.8 Å². The van der Waals surface area contributed by atoms with E-state index in [1.165, 1.54) is 0 Å². The van der Waals surface area contributed by atoms with Crippen LogP contribution in [-0.2, 0) is 11.3 Å². The summed E-state index contributed by atoms with van der Waals surface area (Å²) in [5, 5.41) is 0. The first-order valence-corrected chi connectivity index (χ1v) is 10.2. The number of nitrogen functional groups attached to an aromatic ring is 1. The number of nitrogens with zero attached hydrogens (tertiary/aromatic N) is 2. The van der Waals surface area contributed by atoms with Crippen molar-refractivity contribution in [3.8, 4) is 22.6 Å². The van der Waals surface area contributed by atoms with Gasteiger partial charge in [-0.1, -0.05) is 13.3 Å².